The largest absolute Gasteiger partial charge is 0.475 e. The van der Waals surface area contributed by atoms with E-state index >= 15 is 0 Å². The summed E-state index contributed by atoms with van der Waals surface area (Å²) >= 11 is 0. The van der Waals surface area contributed by atoms with Gasteiger partial charge in [0.2, 0.25) is 11.8 Å². The van der Waals surface area contributed by atoms with Gasteiger partial charge in [-0.3, -0.25) is 0 Å². The summed E-state index contributed by atoms with van der Waals surface area (Å²) in [5.41, 5.74) is -0.150. The van der Waals surface area contributed by atoms with Gasteiger partial charge in [0.25, 0.3) is 11.8 Å². The minimum Gasteiger partial charge on any atom is -0.475 e. The molecular weight excluding hydrogens is 437 g/mol. The van der Waals surface area contributed by atoms with Gasteiger partial charge in [-0.05, 0) is 55.9 Å². The van der Waals surface area contributed by atoms with Gasteiger partial charge < -0.3 is 24.8 Å². The SMILES string of the molecule is CC(F)(F)C1(O)CCC(COc2nc(Nc3ccc(N4CCOCC4)cc3)ncc2F)CC1. The van der Waals surface area contributed by atoms with Crippen molar-refractivity contribution in [2.75, 3.05) is 43.1 Å². The van der Waals surface area contributed by atoms with Crippen molar-refractivity contribution in [3.63, 3.8) is 0 Å². The van der Waals surface area contributed by atoms with Crippen LogP contribution in [0.1, 0.15) is 32.6 Å². The van der Waals surface area contributed by atoms with Crippen LogP contribution in [0.4, 0.5) is 30.5 Å². The molecule has 7 nitrogen and oxygen atoms in total. The van der Waals surface area contributed by atoms with Crippen LogP contribution < -0.4 is 15.0 Å². The van der Waals surface area contributed by atoms with Crippen LogP contribution in [0.3, 0.4) is 0 Å². The standard InChI is InChI=1S/C23H29F3N4O3/c1-22(25,26)23(31)8-6-16(7-9-23)15-33-20-19(24)14-27-21(29-20)28-17-2-4-18(5-3-17)30-10-12-32-13-11-30/h2-5,14,16,31H,6-13,15H2,1H3,(H,27,28,29). The number of hydrogen-bond donors (Lipinski definition) is 2. The third-order valence-corrected chi connectivity index (χ3v) is 6.42. The minimum atomic E-state index is -3.15. The van der Waals surface area contributed by atoms with E-state index < -0.39 is 17.3 Å². The smallest absolute Gasteiger partial charge is 0.273 e. The van der Waals surface area contributed by atoms with Crippen LogP contribution in [0.15, 0.2) is 30.5 Å². The zero-order valence-electron chi connectivity index (χ0n) is 18.6. The number of halogens is 3. The molecule has 0 bridgehead atoms. The number of aliphatic hydroxyl groups is 1. The maximum absolute atomic E-state index is 14.2. The van der Waals surface area contributed by atoms with Gasteiger partial charge in [-0.15, -0.1) is 0 Å². The normalized spacial score (nSPS) is 23.9. The summed E-state index contributed by atoms with van der Waals surface area (Å²) in [6, 6.07) is 7.76. The van der Waals surface area contributed by atoms with Gasteiger partial charge in [-0.2, -0.15) is 9.37 Å². The number of hydrogen-bond acceptors (Lipinski definition) is 7. The summed E-state index contributed by atoms with van der Waals surface area (Å²) in [4.78, 5) is 10.3. The maximum Gasteiger partial charge on any atom is 0.273 e. The molecule has 33 heavy (non-hydrogen) atoms. The monoisotopic (exact) mass is 466 g/mol. The van der Waals surface area contributed by atoms with E-state index in [-0.39, 0.29) is 37.2 Å². The second kappa shape index (κ2) is 9.72. The van der Waals surface area contributed by atoms with Crippen LogP contribution in [0.25, 0.3) is 0 Å². The Kier molecular flexibility index (Phi) is 6.94. The van der Waals surface area contributed by atoms with Crippen LogP contribution in [0.5, 0.6) is 5.88 Å². The average molecular weight is 467 g/mol. The van der Waals surface area contributed by atoms with E-state index in [1.165, 1.54) is 0 Å². The predicted molar refractivity (Wildman–Crippen MR) is 118 cm³/mol. The Morgan fingerprint density at radius 1 is 1.21 bits per heavy atom. The number of morpholine rings is 1. The molecule has 2 N–H and O–H groups in total. The number of benzene rings is 1. The summed E-state index contributed by atoms with van der Waals surface area (Å²) in [6.45, 7) is 3.97. The van der Waals surface area contributed by atoms with Crippen molar-refractivity contribution < 1.29 is 27.8 Å². The van der Waals surface area contributed by atoms with Gasteiger partial charge in [0.05, 0.1) is 26.0 Å². The van der Waals surface area contributed by atoms with Crippen LogP contribution in [0, 0.1) is 11.7 Å². The molecule has 10 heteroatoms. The summed E-state index contributed by atoms with van der Waals surface area (Å²) in [6.07, 6.45) is 1.72. The molecule has 4 rings (SSSR count). The second-order valence-electron chi connectivity index (χ2n) is 8.79. The molecule has 2 fully saturated rings. The number of ether oxygens (including phenoxy) is 2. The molecular formula is C23H29F3N4O3. The quantitative estimate of drug-likeness (QED) is 0.635. The Bertz CT molecular complexity index is 926. The lowest BCUT2D eigenvalue weighted by molar-refractivity contribution is -0.189. The molecule has 2 aliphatic rings. The Morgan fingerprint density at radius 2 is 1.88 bits per heavy atom. The zero-order chi connectivity index (χ0) is 23.5. The number of rotatable bonds is 7. The second-order valence-corrected chi connectivity index (χ2v) is 8.79. The van der Waals surface area contributed by atoms with Crippen LogP contribution in [0.2, 0.25) is 0 Å². The number of nitrogens with one attached hydrogen (secondary N) is 1. The Hall–Kier alpha value is -2.59. The molecule has 180 valence electrons. The van der Waals surface area contributed by atoms with Gasteiger partial charge in [0.15, 0.2) is 0 Å². The highest BCUT2D eigenvalue weighted by molar-refractivity contribution is 5.59. The average Bonchev–Trinajstić information content (AvgIpc) is 2.81. The molecule has 1 saturated heterocycles. The lowest BCUT2D eigenvalue weighted by atomic mass is 9.76. The number of anilines is 3. The molecule has 1 aromatic carbocycles. The molecule has 1 aromatic heterocycles. The highest BCUT2D eigenvalue weighted by Gasteiger charge is 2.50. The van der Waals surface area contributed by atoms with Crippen molar-refractivity contribution in [2.45, 2.75) is 44.1 Å². The van der Waals surface area contributed by atoms with Crippen molar-refractivity contribution in [3.05, 3.63) is 36.3 Å². The Balaban J connectivity index is 1.32. The first kappa shape index (κ1) is 23.6. The van der Waals surface area contributed by atoms with Gasteiger partial charge in [0.1, 0.15) is 5.60 Å². The van der Waals surface area contributed by atoms with Crippen molar-refractivity contribution in [1.29, 1.82) is 0 Å². The fourth-order valence-corrected chi connectivity index (χ4v) is 4.18. The fraction of sp³-hybridized carbons (Fsp3) is 0.565. The van der Waals surface area contributed by atoms with Crippen LogP contribution >= 0.6 is 0 Å². The lowest BCUT2D eigenvalue weighted by Gasteiger charge is -2.39. The van der Waals surface area contributed by atoms with Gasteiger partial charge in [0, 0.05) is 31.4 Å². The van der Waals surface area contributed by atoms with Crippen LogP contribution in [-0.2, 0) is 4.74 Å². The number of nitrogens with zero attached hydrogens (tertiary/aromatic N) is 3. The maximum atomic E-state index is 14.2. The van der Waals surface area contributed by atoms with Crippen LogP contribution in [-0.4, -0.2) is 59.5 Å². The molecule has 0 radical (unpaired) electrons. The molecule has 2 aromatic rings. The van der Waals surface area contributed by atoms with Crippen molar-refractivity contribution in [1.82, 2.24) is 9.97 Å². The molecule has 0 amide bonds. The topological polar surface area (TPSA) is 79.7 Å². The highest BCUT2D eigenvalue weighted by Crippen LogP contribution is 2.42. The molecule has 1 aliphatic carbocycles. The molecule has 2 heterocycles. The fourth-order valence-electron chi connectivity index (χ4n) is 4.18. The van der Waals surface area contributed by atoms with E-state index in [0.717, 1.165) is 37.6 Å². The molecule has 1 aliphatic heterocycles. The van der Waals surface area contributed by atoms with Gasteiger partial charge in [-0.1, -0.05) is 0 Å². The first-order chi connectivity index (χ1) is 15.7. The first-order valence-electron chi connectivity index (χ1n) is 11.2. The third kappa shape index (κ3) is 5.67. The molecule has 1 saturated carbocycles. The summed E-state index contributed by atoms with van der Waals surface area (Å²) in [7, 11) is 0. The van der Waals surface area contributed by atoms with Crippen molar-refractivity contribution in [3.8, 4) is 5.88 Å². The van der Waals surface area contributed by atoms with Crippen molar-refractivity contribution >= 4 is 17.3 Å². The highest BCUT2D eigenvalue weighted by atomic mass is 19.3. The van der Waals surface area contributed by atoms with Gasteiger partial charge >= 0.3 is 0 Å². The lowest BCUT2D eigenvalue weighted by Crippen LogP contribution is -2.49. The van der Waals surface area contributed by atoms with E-state index in [2.05, 4.69) is 20.2 Å². The number of alkyl halides is 2. The number of aromatic nitrogens is 2. The van der Waals surface area contributed by atoms with Crippen molar-refractivity contribution in [2.24, 2.45) is 5.92 Å². The summed E-state index contributed by atoms with van der Waals surface area (Å²) in [5.74, 6) is -3.92. The van der Waals surface area contributed by atoms with E-state index in [0.29, 0.717) is 26.1 Å². The Labute approximate surface area is 190 Å². The molecule has 0 unspecified atom stereocenters. The van der Waals surface area contributed by atoms with Gasteiger partial charge in [-0.25, -0.2) is 13.8 Å². The van der Waals surface area contributed by atoms with E-state index in [1.54, 1.807) is 0 Å². The predicted octanol–water partition coefficient (Wildman–Crippen LogP) is 4.15. The zero-order valence-corrected chi connectivity index (χ0v) is 18.6. The minimum absolute atomic E-state index is 0.0238. The van der Waals surface area contributed by atoms with E-state index in [1.807, 2.05) is 24.3 Å². The first-order valence-corrected chi connectivity index (χ1v) is 11.2. The summed E-state index contributed by atoms with van der Waals surface area (Å²) < 4.78 is 52.3. The third-order valence-electron chi connectivity index (χ3n) is 6.42. The van der Waals surface area contributed by atoms with E-state index in [9.17, 15) is 18.3 Å². The molecule has 0 spiro atoms. The molecule has 0 atom stereocenters. The Morgan fingerprint density at radius 3 is 2.52 bits per heavy atom. The summed E-state index contributed by atoms with van der Waals surface area (Å²) in [5, 5.41) is 13.2. The van der Waals surface area contributed by atoms with E-state index in [4.69, 9.17) is 9.47 Å².